The summed E-state index contributed by atoms with van der Waals surface area (Å²) in [6.45, 7) is 8.12. The predicted octanol–water partition coefficient (Wildman–Crippen LogP) is -3.04. The second-order valence-electron chi connectivity index (χ2n) is 1.60. The van der Waals surface area contributed by atoms with Crippen LogP contribution in [-0.4, -0.2) is 24.3 Å². The fraction of sp³-hybridized carbons (Fsp3) is 0.500. The number of rotatable bonds is 4. The van der Waals surface area contributed by atoms with Crippen molar-refractivity contribution in [2.75, 3.05) is 13.1 Å². The summed E-state index contributed by atoms with van der Waals surface area (Å²) in [5.41, 5.74) is 0. The minimum Gasteiger partial charge on any atom is -0.424 e. The van der Waals surface area contributed by atoms with Crippen LogP contribution in [0.4, 0.5) is 0 Å². The molecule has 1 atom stereocenters. The van der Waals surface area contributed by atoms with Gasteiger partial charge in [-0.3, -0.25) is 0 Å². The van der Waals surface area contributed by atoms with E-state index in [4.69, 9.17) is 5.11 Å². The molecule has 48 valence electrons. The van der Waals surface area contributed by atoms with Crippen LogP contribution >= 0.6 is 0 Å². The van der Waals surface area contributed by atoms with Crippen molar-refractivity contribution in [1.82, 2.24) is 5.32 Å². The molecule has 0 radical (unpaired) electrons. The van der Waals surface area contributed by atoms with Crippen LogP contribution in [0.2, 0.25) is 0 Å². The Morgan fingerprint density at radius 2 is 2.33 bits per heavy atom. The maximum Gasteiger partial charge on any atom is 1.00 e. The van der Waals surface area contributed by atoms with Gasteiger partial charge in [-0.05, 0) is 6.54 Å². The van der Waals surface area contributed by atoms with Crippen LogP contribution in [0.3, 0.4) is 0 Å². The molecule has 0 aliphatic carbocycles. The third-order valence-electron chi connectivity index (χ3n) is 0.669. The maximum absolute atomic E-state index is 8.57. The monoisotopic (exact) mass is 137 g/mol. The molecule has 0 bridgehead atoms. The summed E-state index contributed by atoms with van der Waals surface area (Å²) in [4.78, 5) is 0. The quantitative estimate of drug-likeness (QED) is 0.187. The van der Waals surface area contributed by atoms with Gasteiger partial charge in [-0.15, -0.1) is 6.58 Å². The van der Waals surface area contributed by atoms with Crippen LogP contribution in [0.1, 0.15) is 0 Å². The molecule has 0 aromatic heterocycles. The van der Waals surface area contributed by atoms with Crippen LogP contribution in [-0.2, 0) is 0 Å². The summed E-state index contributed by atoms with van der Waals surface area (Å²) in [7, 11) is 0. The molecular formula is C6H12NNaO. The molecule has 0 heterocycles. The zero-order valence-corrected chi connectivity index (χ0v) is 7.93. The first-order valence-corrected chi connectivity index (χ1v) is 2.60. The van der Waals surface area contributed by atoms with E-state index >= 15 is 0 Å². The molecule has 0 spiro atoms. The van der Waals surface area contributed by atoms with Crippen molar-refractivity contribution in [3.8, 4) is 0 Å². The SMILES string of the molecule is C=CCNCC([CH2-])O.[Na+]. The van der Waals surface area contributed by atoms with Gasteiger partial charge >= 0.3 is 29.6 Å². The van der Waals surface area contributed by atoms with E-state index in [0.29, 0.717) is 6.54 Å². The standard InChI is InChI=1S/C6H12NO.Na/c1-3-4-7-5-6(2)8;/h3,6-8H,1-2,4-5H2;/q-1;+1. The van der Waals surface area contributed by atoms with Crippen molar-refractivity contribution in [3.05, 3.63) is 19.6 Å². The van der Waals surface area contributed by atoms with Crippen molar-refractivity contribution in [3.63, 3.8) is 0 Å². The van der Waals surface area contributed by atoms with Gasteiger partial charge in [-0.2, -0.15) is 0 Å². The van der Waals surface area contributed by atoms with Gasteiger partial charge in [0.15, 0.2) is 0 Å². The van der Waals surface area contributed by atoms with Crippen LogP contribution < -0.4 is 34.9 Å². The van der Waals surface area contributed by atoms with Crippen molar-refractivity contribution in [2.24, 2.45) is 0 Å². The Hall–Kier alpha value is 0.660. The summed E-state index contributed by atoms with van der Waals surface area (Å²) in [6.07, 6.45) is 1.23. The van der Waals surface area contributed by atoms with Gasteiger partial charge in [0, 0.05) is 6.54 Å². The number of nitrogens with one attached hydrogen (secondary N) is 1. The summed E-state index contributed by atoms with van der Waals surface area (Å²) >= 11 is 0. The fourth-order valence-electron chi connectivity index (χ4n) is 0.352. The largest absolute Gasteiger partial charge is 1.00 e. The van der Waals surface area contributed by atoms with Gasteiger partial charge in [0.25, 0.3) is 0 Å². The Bertz CT molecular complexity index is 66.1. The van der Waals surface area contributed by atoms with Gasteiger partial charge in [0.1, 0.15) is 0 Å². The van der Waals surface area contributed by atoms with E-state index in [0.717, 1.165) is 6.54 Å². The first-order valence-electron chi connectivity index (χ1n) is 2.60. The molecule has 0 amide bonds. The molecule has 0 rings (SSSR count). The molecule has 0 saturated heterocycles. The van der Waals surface area contributed by atoms with Crippen molar-refractivity contribution in [1.29, 1.82) is 0 Å². The third-order valence-corrected chi connectivity index (χ3v) is 0.669. The second-order valence-corrected chi connectivity index (χ2v) is 1.60. The summed E-state index contributed by atoms with van der Waals surface area (Å²) in [5.74, 6) is 0. The molecule has 0 saturated carbocycles. The first kappa shape index (κ1) is 12.3. The molecule has 2 N–H and O–H groups in total. The molecule has 1 unspecified atom stereocenters. The van der Waals surface area contributed by atoms with E-state index in [1.165, 1.54) is 0 Å². The van der Waals surface area contributed by atoms with Crippen LogP contribution in [0.5, 0.6) is 0 Å². The van der Waals surface area contributed by atoms with E-state index < -0.39 is 6.10 Å². The van der Waals surface area contributed by atoms with Crippen molar-refractivity contribution < 1.29 is 34.7 Å². The molecule has 0 aliphatic heterocycles. The normalized spacial score (nSPS) is 11.8. The number of aliphatic hydroxyl groups excluding tert-OH is 1. The van der Waals surface area contributed by atoms with Gasteiger partial charge < -0.3 is 17.3 Å². The topological polar surface area (TPSA) is 32.3 Å². The Morgan fingerprint density at radius 1 is 1.78 bits per heavy atom. The molecule has 3 heteroatoms. The molecule has 0 aliphatic rings. The molecule has 0 aromatic rings. The van der Waals surface area contributed by atoms with Gasteiger partial charge in [0.2, 0.25) is 0 Å². The van der Waals surface area contributed by atoms with Crippen molar-refractivity contribution >= 4 is 0 Å². The average molecular weight is 137 g/mol. The molecule has 9 heavy (non-hydrogen) atoms. The van der Waals surface area contributed by atoms with Crippen molar-refractivity contribution in [2.45, 2.75) is 6.10 Å². The Labute approximate surface area is 78.6 Å². The zero-order chi connectivity index (χ0) is 6.41. The van der Waals surface area contributed by atoms with Crippen LogP contribution in [0.15, 0.2) is 12.7 Å². The number of aliphatic hydroxyl groups is 1. The Morgan fingerprint density at radius 3 is 2.67 bits per heavy atom. The van der Waals surface area contributed by atoms with E-state index in [2.05, 4.69) is 18.8 Å². The summed E-state index contributed by atoms with van der Waals surface area (Å²) < 4.78 is 0. The predicted molar refractivity (Wildman–Crippen MR) is 34.4 cm³/mol. The van der Waals surface area contributed by atoms with E-state index in [1.807, 2.05) is 0 Å². The summed E-state index contributed by atoms with van der Waals surface area (Å²) in [6, 6.07) is 0. The number of hydrogen-bond donors (Lipinski definition) is 2. The average Bonchev–Trinajstić information content (AvgIpc) is 1.66. The summed E-state index contributed by atoms with van der Waals surface area (Å²) in [5, 5.41) is 11.5. The second kappa shape index (κ2) is 8.66. The van der Waals surface area contributed by atoms with Gasteiger partial charge in [-0.1, -0.05) is 12.2 Å². The fourth-order valence-corrected chi connectivity index (χ4v) is 0.352. The Kier molecular flexibility index (Phi) is 11.9. The van der Waals surface area contributed by atoms with Crippen LogP contribution in [0, 0.1) is 6.92 Å². The first-order chi connectivity index (χ1) is 3.77. The third kappa shape index (κ3) is 12.0. The smallest absolute Gasteiger partial charge is 0.424 e. The van der Waals surface area contributed by atoms with Gasteiger partial charge in [0.05, 0.1) is 0 Å². The Balaban J connectivity index is 0. The maximum atomic E-state index is 8.57. The zero-order valence-electron chi connectivity index (χ0n) is 5.93. The minimum absolute atomic E-state index is 0. The van der Waals surface area contributed by atoms with E-state index in [1.54, 1.807) is 6.08 Å². The molecule has 0 fully saturated rings. The molecule has 0 aromatic carbocycles. The number of hydrogen-bond acceptors (Lipinski definition) is 2. The van der Waals surface area contributed by atoms with Crippen LogP contribution in [0.25, 0.3) is 0 Å². The molecule has 2 nitrogen and oxygen atoms in total. The van der Waals surface area contributed by atoms with E-state index in [9.17, 15) is 0 Å². The minimum atomic E-state index is -0.505. The van der Waals surface area contributed by atoms with E-state index in [-0.39, 0.29) is 29.6 Å². The van der Waals surface area contributed by atoms with Gasteiger partial charge in [-0.25, -0.2) is 0 Å². The molecular weight excluding hydrogens is 125 g/mol.